The topological polar surface area (TPSA) is 112 Å². The van der Waals surface area contributed by atoms with Crippen molar-refractivity contribution in [2.75, 3.05) is 17.7 Å². The van der Waals surface area contributed by atoms with E-state index in [-0.39, 0.29) is 18.0 Å². The number of nitrogens with one attached hydrogen (secondary N) is 1. The second kappa shape index (κ2) is 5.51. The van der Waals surface area contributed by atoms with E-state index in [4.69, 9.17) is 14.9 Å². The number of aromatic nitrogens is 4. The van der Waals surface area contributed by atoms with Crippen LogP contribution in [0.15, 0.2) is 10.6 Å². The van der Waals surface area contributed by atoms with Crippen LogP contribution >= 0.6 is 0 Å². The molecule has 0 amide bonds. The minimum absolute atomic E-state index is 0.0942. The molecule has 2 rings (SSSR count). The molecule has 3 N–H and O–H groups in total. The quantitative estimate of drug-likeness (QED) is 0.831. The molecule has 2 aromatic rings. The summed E-state index contributed by atoms with van der Waals surface area (Å²) in [6.45, 7) is 6.01. The van der Waals surface area contributed by atoms with Gasteiger partial charge in [-0.15, -0.1) is 0 Å². The van der Waals surface area contributed by atoms with Crippen molar-refractivity contribution in [2.24, 2.45) is 0 Å². The predicted octanol–water partition coefficient (Wildman–Crippen LogP) is 1.32. The van der Waals surface area contributed by atoms with Crippen LogP contribution < -0.4 is 15.8 Å². The Balaban J connectivity index is 2.14. The third-order valence-corrected chi connectivity index (χ3v) is 2.26. The van der Waals surface area contributed by atoms with Crippen molar-refractivity contribution < 1.29 is 9.15 Å². The standard InChI is InChI=1S/C11H16N6O2/c1-4-18-11-16-9(12)15-10(17-11)14-7(3)8-13-5-6(2)19-8/h5,7H,4H2,1-3H3,(H3,12,14,15,16,17). The molecule has 0 aliphatic carbocycles. The van der Waals surface area contributed by atoms with Gasteiger partial charge in [0.15, 0.2) is 0 Å². The Morgan fingerprint density at radius 3 is 2.84 bits per heavy atom. The molecule has 2 aromatic heterocycles. The highest BCUT2D eigenvalue weighted by molar-refractivity contribution is 5.34. The summed E-state index contributed by atoms with van der Waals surface area (Å²) in [6.07, 6.45) is 1.65. The van der Waals surface area contributed by atoms with E-state index in [1.54, 1.807) is 6.20 Å². The molecule has 0 aromatic carbocycles. The smallest absolute Gasteiger partial charge is 0.323 e. The summed E-state index contributed by atoms with van der Waals surface area (Å²) >= 11 is 0. The zero-order chi connectivity index (χ0) is 13.8. The van der Waals surface area contributed by atoms with Crippen molar-refractivity contribution in [3.05, 3.63) is 17.8 Å². The summed E-state index contributed by atoms with van der Waals surface area (Å²) in [4.78, 5) is 16.1. The van der Waals surface area contributed by atoms with Crippen LogP contribution in [0.25, 0.3) is 0 Å². The maximum Gasteiger partial charge on any atom is 0.323 e. The van der Waals surface area contributed by atoms with Gasteiger partial charge in [0.25, 0.3) is 0 Å². The van der Waals surface area contributed by atoms with Gasteiger partial charge in [0.05, 0.1) is 12.8 Å². The molecule has 8 nitrogen and oxygen atoms in total. The number of nitrogens with zero attached hydrogens (tertiary/aromatic N) is 4. The Bertz CT molecular complexity index is 556. The van der Waals surface area contributed by atoms with Gasteiger partial charge in [0.2, 0.25) is 17.8 Å². The van der Waals surface area contributed by atoms with Crippen LogP contribution in [-0.4, -0.2) is 26.5 Å². The van der Waals surface area contributed by atoms with E-state index in [0.29, 0.717) is 18.4 Å². The molecule has 0 saturated heterocycles. The van der Waals surface area contributed by atoms with E-state index in [0.717, 1.165) is 5.76 Å². The number of nitrogens with two attached hydrogens (primary N) is 1. The van der Waals surface area contributed by atoms with E-state index in [1.165, 1.54) is 0 Å². The molecule has 0 aliphatic rings. The highest BCUT2D eigenvalue weighted by atomic mass is 16.5. The average molecular weight is 264 g/mol. The summed E-state index contributed by atoms with van der Waals surface area (Å²) in [5, 5.41) is 3.03. The molecule has 0 aliphatic heterocycles. The van der Waals surface area contributed by atoms with Crippen LogP contribution in [0.1, 0.15) is 31.5 Å². The molecule has 0 radical (unpaired) electrons. The maximum absolute atomic E-state index is 5.59. The first-order valence-corrected chi connectivity index (χ1v) is 5.91. The first-order valence-electron chi connectivity index (χ1n) is 5.91. The lowest BCUT2D eigenvalue weighted by molar-refractivity contribution is 0.312. The maximum atomic E-state index is 5.59. The first-order chi connectivity index (χ1) is 9.08. The molecule has 102 valence electrons. The molecule has 19 heavy (non-hydrogen) atoms. The lowest BCUT2D eigenvalue weighted by atomic mass is 10.3. The van der Waals surface area contributed by atoms with Crippen molar-refractivity contribution in [3.8, 4) is 6.01 Å². The number of oxazole rings is 1. The van der Waals surface area contributed by atoms with E-state index < -0.39 is 0 Å². The van der Waals surface area contributed by atoms with Crippen LogP contribution in [0.2, 0.25) is 0 Å². The number of anilines is 2. The molecule has 0 spiro atoms. The van der Waals surface area contributed by atoms with Gasteiger partial charge in [-0.1, -0.05) is 0 Å². The summed E-state index contributed by atoms with van der Waals surface area (Å²) in [5.74, 6) is 1.71. The van der Waals surface area contributed by atoms with Gasteiger partial charge in [-0.3, -0.25) is 0 Å². The van der Waals surface area contributed by atoms with Crippen molar-refractivity contribution in [2.45, 2.75) is 26.8 Å². The Morgan fingerprint density at radius 1 is 1.42 bits per heavy atom. The molecule has 2 heterocycles. The minimum Gasteiger partial charge on any atom is -0.464 e. The van der Waals surface area contributed by atoms with E-state index in [2.05, 4.69) is 25.3 Å². The van der Waals surface area contributed by atoms with Gasteiger partial charge >= 0.3 is 6.01 Å². The van der Waals surface area contributed by atoms with E-state index in [9.17, 15) is 0 Å². The van der Waals surface area contributed by atoms with Crippen molar-refractivity contribution in [1.29, 1.82) is 0 Å². The first kappa shape index (κ1) is 13.1. The lowest BCUT2D eigenvalue weighted by Gasteiger charge is -2.11. The van der Waals surface area contributed by atoms with Crippen molar-refractivity contribution in [1.82, 2.24) is 19.9 Å². The normalized spacial score (nSPS) is 12.2. The number of rotatable bonds is 5. The van der Waals surface area contributed by atoms with Crippen LogP contribution in [0.3, 0.4) is 0 Å². The molecule has 0 saturated carbocycles. The molecular formula is C11H16N6O2. The zero-order valence-electron chi connectivity index (χ0n) is 11.0. The van der Waals surface area contributed by atoms with Gasteiger partial charge in [-0.25, -0.2) is 4.98 Å². The van der Waals surface area contributed by atoms with Crippen LogP contribution in [0.4, 0.5) is 11.9 Å². The molecule has 0 bridgehead atoms. The predicted molar refractivity (Wildman–Crippen MR) is 68.7 cm³/mol. The second-order valence-electron chi connectivity index (χ2n) is 3.91. The van der Waals surface area contributed by atoms with Crippen LogP contribution in [0.5, 0.6) is 6.01 Å². The molecule has 8 heteroatoms. The third kappa shape index (κ3) is 3.30. The number of nitrogen functional groups attached to an aromatic ring is 1. The Kier molecular flexibility index (Phi) is 3.79. The summed E-state index contributed by atoms with van der Waals surface area (Å²) < 4.78 is 10.6. The molecule has 1 atom stereocenters. The Labute approximate surface area is 110 Å². The van der Waals surface area contributed by atoms with Crippen LogP contribution in [0, 0.1) is 6.92 Å². The fourth-order valence-electron chi connectivity index (χ4n) is 1.46. The van der Waals surface area contributed by atoms with E-state index in [1.807, 2.05) is 20.8 Å². The van der Waals surface area contributed by atoms with Crippen molar-refractivity contribution >= 4 is 11.9 Å². The summed E-state index contributed by atoms with van der Waals surface area (Å²) in [7, 11) is 0. The highest BCUT2D eigenvalue weighted by Gasteiger charge is 2.14. The number of hydrogen-bond donors (Lipinski definition) is 2. The zero-order valence-corrected chi connectivity index (χ0v) is 11.0. The fraction of sp³-hybridized carbons (Fsp3) is 0.455. The number of aryl methyl sites for hydroxylation is 1. The number of hydrogen-bond acceptors (Lipinski definition) is 8. The molecular weight excluding hydrogens is 248 g/mol. The van der Waals surface area contributed by atoms with Gasteiger partial charge in [-0.05, 0) is 20.8 Å². The Hall–Kier alpha value is -2.38. The van der Waals surface area contributed by atoms with Crippen molar-refractivity contribution in [3.63, 3.8) is 0 Å². The average Bonchev–Trinajstić information content (AvgIpc) is 2.75. The number of ether oxygens (including phenoxy) is 1. The monoisotopic (exact) mass is 264 g/mol. The van der Waals surface area contributed by atoms with Gasteiger partial charge in [0, 0.05) is 0 Å². The summed E-state index contributed by atoms with van der Waals surface area (Å²) in [5.41, 5.74) is 5.59. The van der Waals surface area contributed by atoms with Crippen LogP contribution in [-0.2, 0) is 0 Å². The minimum atomic E-state index is -0.190. The van der Waals surface area contributed by atoms with Gasteiger partial charge in [0.1, 0.15) is 11.8 Å². The lowest BCUT2D eigenvalue weighted by Crippen LogP contribution is -2.12. The fourth-order valence-corrected chi connectivity index (χ4v) is 1.46. The molecule has 0 fully saturated rings. The SMILES string of the molecule is CCOc1nc(N)nc(NC(C)c2ncc(C)o2)n1. The molecule has 1 unspecified atom stereocenters. The Morgan fingerprint density at radius 2 is 2.21 bits per heavy atom. The van der Waals surface area contributed by atoms with E-state index >= 15 is 0 Å². The third-order valence-electron chi connectivity index (χ3n) is 2.26. The summed E-state index contributed by atoms with van der Waals surface area (Å²) in [6, 6.07) is -0.00161. The largest absolute Gasteiger partial charge is 0.464 e. The second-order valence-corrected chi connectivity index (χ2v) is 3.91. The van der Waals surface area contributed by atoms with Gasteiger partial charge in [-0.2, -0.15) is 15.0 Å². The highest BCUT2D eigenvalue weighted by Crippen LogP contribution is 2.18. The van der Waals surface area contributed by atoms with Gasteiger partial charge < -0.3 is 20.2 Å².